The number of hydrogen-bond donors (Lipinski definition) is 2. The molecule has 29 heavy (non-hydrogen) atoms. The number of methoxy groups -OCH3 is 1. The van der Waals surface area contributed by atoms with Gasteiger partial charge in [0.1, 0.15) is 6.07 Å². The first-order valence-corrected chi connectivity index (χ1v) is 8.96. The number of rotatable bonds is 5. The molecule has 0 aliphatic heterocycles. The molecular weight excluding hydrogens is 372 g/mol. The number of ether oxygens (including phenoxy) is 1. The molecule has 0 bridgehead atoms. The third-order valence-corrected chi connectivity index (χ3v) is 4.74. The number of nitrogens with zero attached hydrogens (tertiary/aromatic N) is 4. The Hall–Kier alpha value is -4.06. The van der Waals surface area contributed by atoms with Gasteiger partial charge in [0.25, 0.3) is 5.91 Å². The van der Waals surface area contributed by atoms with E-state index in [9.17, 15) is 14.9 Å². The van der Waals surface area contributed by atoms with Crippen molar-refractivity contribution in [1.29, 1.82) is 5.26 Å². The van der Waals surface area contributed by atoms with Crippen LogP contribution in [0.25, 0.3) is 11.4 Å². The number of benzene rings is 1. The van der Waals surface area contributed by atoms with E-state index in [-0.39, 0.29) is 28.9 Å². The minimum Gasteiger partial charge on any atom is -0.464 e. The normalized spacial score (nSPS) is 13.0. The Morgan fingerprint density at radius 3 is 2.76 bits per heavy atom. The van der Waals surface area contributed by atoms with E-state index in [1.807, 2.05) is 6.07 Å². The highest BCUT2D eigenvalue weighted by Gasteiger charge is 2.26. The molecular formula is C20H18N6O3. The average Bonchev–Trinajstić information content (AvgIpc) is 3.26. The predicted molar refractivity (Wildman–Crippen MR) is 104 cm³/mol. The number of carbonyl (C=O) groups excluding carboxylic acids is 2. The van der Waals surface area contributed by atoms with Crippen LogP contribution in [0.15, 0.2) is 43.1 Å². The number of nitrogen functional groups attached to an aromatic ring is 1. The van der Waals surface area contributed by atoms with Crippen LogP contribution in [0.3, 0.4) is 0 Å². The van der Waals surface area contributed by atoms with E-state index < -0.39 is 5.97 Å². The molecule has 1 amide bonds. The molecule has 1 aromatic carbocycles. The van der Waals surface area contributed by atoms with Crippen molar-refractivity contribution in [3.63, 3.8) is 0 Å². The van der Waals surface area contributed by atoms with Gasteiger partial charge in [-0.05, 0) is 31.0 Å². The first-order valence-electron chi connectivity index (χ1n) is 8.96. The molecule has 1 aliphatic carbocycles. The smallest absolute Gasteiger partial charge is 0.357 e. The predicted octanol–water partition coefficient (Wildman–Crippen LogP) is 1.80. The molecule has 2 heterocycles. The number of hydrogen-bond acceptors (Lipinski definition) is 6. The SMILES string of the molecule is COC(=O)c1c(N)c(C#N)cn1-c1cc(C(=O)NC2CC2)ccc1-n1ccnc1. The highest BCUT2D eigenvalue weighted by atomic mass is 16.5. The van der Waals surface area contributed by atoms with E-state index in [0.29, 0.717) is 16.9 Å². The van der Waals surface area contributed by atoms with Gasteiger partial charge in [-0.2, -0.15) is 5.26 Å². The van der Waals surface area contributed by atoms with Crippen LogP contribution in [0.2, 0.25) is 0 Å². The molecule has 1 aliphatic rings. The number of nitriles is 1. The molecule has 1 fully saturated rings. The summed E-state index contributed by atoms with van der Waals surface area (Å²) in [5.41, 5.74) is 7.76. The Morgan fingerprint density at radius 2 is 2.14 bits per heavy atom. The monoisotopic (exact) mass is 390 g/mol. The number of nitrogens with one attached hydrogen (secondary N) is 1. The Morgan fingerprint density at radius 1 is 1.34 bits per heavy atom. The highest BCUT2D eigenvalue weighted by Crippen LogP contribution is 2.29. The van der Waals surface area contributed by atoms with Gasteiger partial charge >= 0.3 is 5.97 Å². The molecule has 146 valence electrons. The molecule has 0 spiro atoms. The van der Waals surface area contributed by atoms with E-state index in [0.717, 1.165) is 12.8 Å². The fraction of sp³-hybridized carbons (Fsp3) is 0.200. The van der Waals surface area contributed by atoms with Crippen LogP contribution in [-0.4, -0.2) is 39.1 Å². The molecule has 3 N–H and O–H groups in total. The molecule has 0 radical (unpaired) electrons. The zero-order valence-corrected chi connectivity index (χ0v) is 15.6. The summed E-state index contributed by atoms with van der Waals surface area (Å²) in [6.45, 7) is 0. The van der Waals surface area contributed by atoms with Crippen LogP contribution in [0.4, 0.5) is 5.69 Å². The van der Waals surface area contributed by atoms with Crippen molar-refractivity contribution in [2.24, 2.45) is 0 Å². The number of imidazole rings is 1. The van der Waals surface area contributed by atoms with Crippen LogP contribution < -0.4 is 11.1 Å². The summed E-state index contributed by atoms with van der Waals surface area (Å²) in [6, 6.07) is 7.29. The second-order valence-electron chi connectivity index (χ2n) is 6.70. The van der Waals surface area contributed by atoms with Crippen LogP contribution in [0, 0.1) is 11.3 Å². The number of esters is 1. The average molecular weight is 390 g/mol. The van der Waals surface area contributed by atoms with Crippen LogP contribution >= 0.6 is 0 Å². The molecule has 0 saturated heterocycles. The van der Waals surface area contributed by atoms with E-state index in [1.54, 1.807) is 41.5 Å². The number of amides is 1. The minimum absolute atomic E-state index is 0.0174. The van der Waals surface area contributed by atoms with Crippen LogP contribution in [0.5, 0.6) is 0 Å². The zero-order valence-electron chi connectivity index (χ0n) is 15.6. The van der Waals surface area contributed by atoms with Gasteiger partial charge in [-0.15, -0.1) is 0 Å². The van der Waals surface area contributed by atoms with E-state index in [2.05, 4.69) is 10.3 Å². The van der Waals surface area contributed by atoms with Gasteiger partial charge in [0.2, 0.25) is 0 Å². The summed E-state index contributed by atoms with van der Waals surface area (Å²) in [4.78, 5) is 29.0. The van der Waals surface area contributed by atoms with Gasteiger partial charge in [-0.3, -0.25) is 4.79 Å². The highest BCUT2D eigenvalue weighted by molar-refractivity contribution is 5.98. The maximum absolute atomic E-state index is 12.6. The zero-order chi connectivity index (χ0) is 20.5. The fourth-order valence-corrected chi connectivity index (χ4v) is 3.08. The first-order chi connectivity index (χ1) is 14.0. The molecule has 1 saturated carbocycles. The lowest BCUT2D eigenvalue weighted by Crippen LogP contribution is -2.25. The lowest BCUT2D eigenvalue weighted by atomic mass is 10.1. The van der Waals surface area contributed by atoms with Crippen LogP contribution in [0.1, 0.15) is 39.3 Å². The lowest BCUT2D eigenvalue weighted by Gasteiger charge is -2.16. The Balaban J connectivity index is 1.92. The molecule has 0 unspecified atom stereocenters. The van der Waals surface area contributed by atoms with Gasteiger partial charge in [-0.25, -0.2) is 9.78 Å². The molecule has 0 atom stereocenters. The lowest BCUT2D eigenvalue weighted by molar-refractivity contribution is 0.0593. The van der Waals surface area contributed by atoms with Crippen LogP contribution in [-0.2, 0) is 4.74 Å². The van der Waals surface area contributed by atoms with Gasteiger partial charge in [0.15, 0.2) is 5.69 Å². The summed E-state index contributed by atoms with van der Waals surface area (Å²) in [7, 11) is 1.24. The van der Waals surface area contributed by atoms with Crippen molar-refractivity contribution in [1.82, 2.24) is 19.4 Å². The topological polar surface area (TPSA) is 128 Å². The van der Waals surface area contributed by atoms with Gasteiger partial charge in [-0.1, -0.05) is 0 Å². The van der Waals surface area contributed by atoms with Crippen molar-refractivity contribution in [2.45, 2.75) is 18.9 Å². The van der Waals surface area contributed by atoms with Gasteiger partial charge < -0.3 is 24.9 Å². The minimum atomic E-state index is -0.687. The summed E-state index contributed by atoms with van der Waals surface area (Å²) in [6.07, 6.45) is 8.34. The maximum Gasteiger partial charge on any atom is 0.357 e. The molecule has 9 nitrogen and oxygen atoms in total. The van der Waals surface area contributed by atoms with Crippen molar-refractivity contribution in [2.75, 3.05) is 12.8 Å². The third kappa shape index (κ3) is 3.32. The summed E-state index contributed by atoms with van der Waals surface area (Å²) in [5, 5.41) is 12.3. The second-order valence-corrected chi connectivity index (χ2v) is 6.70. The number of nitrogens with two attached hydrogens (primary N) is 1. The largest absolute Gasteiger partial charge is 0.464 e. The summed E-state index contributed by atoms with van der Waals surface area (Å²) in [5.74, 6) is -0.889. The summed E-state index contributed by atoms with van der Waals surface area (Å²) >= 11 is 0. The Labute approximate surface area is 166 Å². The molecule has 9 heteroatoms. The first kappa shape index (κ1) is 18.3. The van der Waals surface area contributed by atoms with E-state index >= 15 is 0 Å². The number of carbonyl (C=O) groups is 2. The second kappa shape index (κ2) is 7.16. The van der Waals surface area contributed by atoms with E-state index in [4.69, 9.17) is 10.5 Å². The molecule has 3 aromatic rings. The van der Waals surface area contributed by atoms with Crippen molar-refractivity contribution in [3.05, 3.63) is 59.9 Å². The summed E-state index contributed by atoms with van der Waals surface area (Å²) < 4.78 is 8.07. The van der Waals surface area contributed by atoms with Crippen molar-refractivity contribution >= 4 is 17.6 Å². The maximum atomic E-state index is 12.6. The Bertz CT molecular complexity index is 1140. The van der Waals surface area contributed by atoms with E-state index in [1.165, 1.54) is 17.9 Å². The number of aromatic nitrogens is 3. The molecule has 4 rings (SSSR count). The quantitative estimate of drug-likeness (QED) is 0.639. The molecule has 2 aromatic heterocycles. The number of anilines is 1. The van der Waals surface area contributed by atoms with Crippen molar-refractivity contribution in [3.8, 4) is 17.4 Å². The van der Waals surface area contributed by atoms with Gasteiger partial charge in [0.05, 0.1) is 36.1 Å². The van der Waals surface area contributed by atoms with Gasteiger partial charge in [0, 0.05) is 30.2 Å². The fourth-order valence-electron chi connectivity index (χ4n) is 3.08. The third-order valence-electron chi connectivity index (χ3n) is 4.74. The Kier molecular flexibility index (Phi) is 4.52. The standard InChI is InChI=1S/C20H18N6O3/c1-29-20(28)18-17(22)13(9-21)10-26(18)16-8-12(19(27)24-14-3-4-14)2-5-15(16)25-7-6-23-11-25/h2,5-8,10-11,14H,3-4,22H2,1H3,(H,24,27). The van der Waals surface area contributed by atoms with Crippen molar-refractivity contribution < 1.29 is 14.3 Å².